The van der Waals surface area contributed by atoms with Crippen LogP contribution in [0, 0.1) is 6.92 Å². The lowest BCUT2D eigenvalue weighted by atomic mass is 9.95. The van der Waals surface area contributed by atoms with E-state index in [0.717, 1.165) is 18.4 Å². The van der Waals surface area contributed by atoms with Crippen molar-refractivity contribution in [2.45, 2.75) is 38.0 Å². The zero-order valence-electron chi connectivity index (χ0n) is 14.2. The highest BCUT2D eigenvalue weighted by molar-refractivity contribution is 5.92. The summed E-state index contributed by atoms with van der Waals surface area (Å²) in [4.78, 5) is 23.3. The molecule has 130 valence electrons. The molecule has 2 aromatic rings. The van der Waals surface area contributed by atoms with Gasteiger partial charge >= 0.3 is 0 Å². The number of carbonyl (C=O) groups is 1. The number of amides is 1. The first-order chi connectivity index (χ1) is 12.2. The number of fused-ring (bicyclic) bond motifs is 1. The third-order valence-electron chi connectivity index (χ3n) is 4.83. The predicted molar refractivity (Wildman–Crippen MR) is 91.4 cm³/mol. The summed E-state index contributed by atoms with van der Waals surface area (Å²) < 4.78 is 11.9. The second-order valence-corrected chi connectivity index (χ2v) is 6.52. The molecule has 0 radical (unpaired) electrons. The standard InChI is InChI=1S/C19H21N3O3/c1-13-5-9-20-14(12-13)19(23)22-10-6-16(18-15(22)7-11-24-18)25-17-4-2-3-8-21-17/h2-5,8-9,12,15-16,18H,6-7,10-11H2,1H3/t15-,16+,18-/m0/s1. The van der Waals surface area contributed by atoms with E-state index in [4.69, 9.17) is 9.47 Å². The first kappa shape index (κ1) is 16.0. The summed E-state index contributed by atoms with van der Waals surface area (Å²) in [7, 11) is 0. The number of carbonyl (C=O) groups excluding carboxylic acids is 1. The lowest BCUT2D eigenvalue weighted by molar-refractivity contribution is -0.0477. The maximum atomic E-state index is 12.9. The van der Waals surface area contributed by atoms with E-state index in [-0.39, 0.29) is 24.2 Å². The Bertz CT molecular complexity index is 753. The number of rotatable bonds is 3. The summed E-state index contributed by atoms with van der Waals surface area (Å²) in [6, 6.07) is 9.36. The molecule has 6 nitrogen and oxygen atoms in total. The average Bonchev–Trinajstić information content (AvgIpc) is 3.12. The second kappa shape index (κ2) is 6.80. The van der Waals surface area contributed by atoms with Crippen LogP contribution in [0.4, 0.5) is 0 Å². The molecule has 1 amide bonds. The van der Waals surface area contributed by atoms with E-state index in [2.05, 4.69) is 9.97 Å². The Kier molecular flexibility index (Phi) is 4.36. The van der Waals surface area contributed by atoms with Gasteiger partial charge in [0, 0.05) is 38.0 Å². The number of piperidine rings is 1. The van der Waals surface area contributed by atoms with Gasteiger partial charge in [-0.25, -0.2) is 4.98 Å². The lowest BCUT2D eigenvalue weighted by Gasteiger charge is -2.40. The van der Waals surface area contributed by atoms with E-state index in [1.165, 1.54) is 0 Å². The zero-order valence-corrected chi connectivity index (χ0v) is 14.2. The van der Waals surface area contributed by atoms with Crippen LogP contribution < -0.4 is 4.74 Å². The summed E-state index contributed by atoms with van der Waals surface area (Å²) in [5.74, 6) is 0.572. The highest BCUT2D eigenvalue weighted by atomic mass is 16.5. The van der Waals surface area contributed by atoms with Crippen LogP contribution in [0.2, 0.25) is 0 Å². The van der Waals surface area contributed by atoms with E-state index in [0.29, 0.717) is 24.7 Å². The quantitative estimate of drug-likeness (QED) is 0.858. The number of pyridine rings is 2. The SMILES string of the molecule is Cc1ccnc(C(=O)N2CC[C@@H](Oc3ccccn3)[C@H]3OCC[C@@H]32)c1. The van der Waals surface area contributed by atoms with Crippen molar-refractivity contribution in [3.05, 3.63) is 54.0 Å². The highest BCUT2D eigenvalue weighted by Gasteiger charge is 2.45. The fourth-order valence-electron chi connectivity index (χ4n) is 3.64. The molecule has 2 fully saturated rings. The molecule has 2 saturated heterocycles. The number of nitrogens with zero attached hydrogens (tertiary/aromatic N) is 3. The molecule has 4 rings (SSSR count). The molecule has 0 unspecified atom stereocenters. The van der Waals surface area contributed by atoms with Crippen LogP contribution in [0.5, 0.6) is 5.88 Å². The van der Waals surface area contributed by atoms with Crippen molar-refractivity contribution < 1.29 is 14.3 Å². The summed E-state index contributed by atoms with van der Waals surface area (Å²) in [6.45, 7) is 3.24. The zero-order chi connectivity index (χ0) is 17.2. The third-order valence-corrected chi connectivity index (χ3v) is 4.83. The molecule has 0 saturated carbocycles. The van der Waals surface area contributed by atoms with Gasteiger partial charge in [-0.1, -0.05) is 6.07 Å². The molecule has 6 heteroatoms. The molecule has 2 aliphatic heterocycles. The van der Waals surface area contributed by atoms with Crippen LogP contribution in [-0.4, -0.2) is 52.2 Å². The minimum absolute atomic E-state index is 0.0253. The molecule has 2 aliphatic rings. The van der Waals surface area contributed by atoms with Gasteiger partial charge in [0.15, 0.2) is 0 Å². The maximum Gasteiger partial charge on any atom is 0.272 e. The van der Waals surface area contributed by atoms with Crippen molar-refractivity contribution >= 4 is 5.91 Å². The summed E-state index contributed by atoms with van der Waals surface area (Å²) >= 11 is 0. The van der Waals surface area contributed by atoms with E-state index < -0.39 is 0 Å². The lowest BCUT2D eigenvalue weighted by Crippen LogP contribution is -2.56. The largest absolute Gasteiger partial charge is 0.471 e. The minimum Gasteiger partial charge on any atom is -0.471 e. The topological polar surface area (TPSA) is 64.6 Å². The predicted octanol–water partition coefficient (Wildman–Crippen LogP) is 2.24. The van der Waals surface area contributed by atoms with Gasteiger partial charge in [0.05, 0.1) is 6.04 Å². The van der Waals surface area contributed by atoms with Crippen molar-refractivity contribution in [1.82, 2.24) is 14.9 Å². The van der Waals surface area contributed by atoms with E-state index in [1.54, 1.807) is 12.4 Å². The van der Waals surface area contributed by atoms with Crippen molar-refractivity contribution in [2.24, 2.45) is 0 Å². The van der Waals surface area contributed by atoms with Gasteiger partial charge in [0.2, 0.25) is 5.88 Å². The van der Waals surface area contributed by atoms with Gasteiger partial charge in [0.25, 0.3) is 5.91 Å². The monoisotopic (exact) mass is 339 g/mol. The molecule has 2 aromatic heterocycles. The first-order valence-corrected chi connectivity index (χ1v) is 8.65. The third kappa shape index (κ3) is 3.22. The van der Waals surface area contributed by atoms with Crippen molar-refractivity contribution in [3.63, 3.8) is 0 Å². The average molecular weight is 339 g/mol. The number of hydrogen-bond donors (Lipinski definition) is 0. The second-order valence-electron chi connectivity index (χ2n) is 6.52. The number of aryl methyl sites for hydroxylation is 1. The van der Waals surface area contributed by atoms with Crippen LogP contribution in [0.1, 0.15) is 28.9 Å². The van der Waals surface area contributed by atoms with E-state index in [1.807, 2.05) is 42.2 Å². The Labute approximate surface area is 146 Å². The Morgan fingerprint density at radius 3 is 2.96 bits per heavy atom. The molecular formula is C19H21N3O3. The number of likely N-dealkylation sites (tertiary alicyclic amines) is 1. The molecule has 0 bridgehead atoms. The minimum atomic E-state index is -0.121. The molecule has 25 heavy (non-hydrogen) atoms. The van der Waals surface area contributed by atoms with Crippen LogP contribution in [0.25, 0.3) is 0 Å². The molecule has 0 aromatic carbocycles. The van der Waals surface area contributed by atoms with Gasteiger partial charge in [-0.15, -0.1) is 0 Å². The molecular weight excluding hydrogens is 318 g/mol. The number of aromatic nitrogens is 2. The Morgan fingerprint density at radius 1 is 1.24 bits per heavy atom. The number of ether oxygens (including phenoxy) is 2. The normalized spacial score (nSPS) is 25.5. The Morgan fingerprint density at radius 2 is 2.16 bits per heavy atom. The maximum absolute atomic E-state index is 12.9. The molecule has 4 heterocycles. The highest BCUT2D eigenvalue weighted by Crippen LogP contribution is 2.31. The van der Waals surface area contributed by atoms with Crippen molar-refractivity contribution in [2.75, 3.05) is 13.2 Å². The molecule has 0 N–H and O–H groups in total. The van der Waals surface area contributed by atoms with Crippen LogP contribution in [-0.2, 0) is 4.74 Å². The van der Waals surface area contributed by atoms with Crippen LogP contribution in [0.3, 0.4) is 0 Å². The smallest absolute Gasteiger partial charge is 0.272 e. The molecule has 0 spiro atoms. The van der Waals surface area contributed by atoms with Crippen molar-refractivity contribution in [1.29, 1.82) is 0 Å². The van der Waals surface area contributed by atoms with E-state index >= 15 is 0 Å². The Hall–Kier alpha value is -2.47. The number of hydrogen-bond acceptors (Lipinski definition) is 5. The van der Waals surface area contributed by atoms with Crippen LogP contribution >= 0.6 is 0 Å². The Balaban J connectivity index is 1.51. The molecule has 3 atom stereocenters. The molecule has 0 aliphatic carbocycles. The van der Waals surface area contributed by atoms with Gasteiger partial charge in [-0.2, -0.15) is 0 Å². The summed E-state index contributed by atoms with van der Waals surface area (Å²) in [5, 5.41) is 0. The van der Waals surface area contributed by atoms with Gasteiger partial charge in [0.1, 0.15) is 17.9 Å². The van der Waals surface area contributed by atoms with Gasteiger partial charge in [-0.3, -0.25) is 9.78 Å². The first-order valence-electron chi connectivity index (χ1n) is 8.65. The van der Waals surface area contributed by atoms with Crippen molar-refractivity contribution in [3.8, 4) is 5.88 Å². The fourth-order valence-corrected chi connectivity index (χ4v) is 3.64. The fraction of sp³-hybridized carbons (Fsp3) is 0.421. The van der Waals surface area contributed by atoms with E-state index in [9.17, 15) is 4.79 Å². The van der Waals surface area contributed by atoms with Gasteiger partial charge in [-0.05, 0) is 37.1 Å². The van der Waals surface area contributed by atoms with Crippen LogP contribution in [0.15, 0.2) is 42.7 Å². The van der Waals surface area contributed by atoms with Gasteiger partial charge < -0.3 is 14.4 Å². The summed E-state index contributed by atoms with van der Waals surface area (Å²) in [6.07, 6.45) is 4.73. The summed E-state index contributed by atoms with van der Waals surface area (Å²) in [5.41, 5.74) is 1.53.